The van der Waals surface area contributed by atoms with Crippen LogP contribution in [0.3, 0.4) is 0 Å². The summed E-state index contributed by atoms with van der Waals surface area (Å²) in [6.45, 7) is 1.20. The van der Waals surface area contributed by atoms with Crippen LogP contribution < -0.4 is 10.5 Å². The van der Waals surface area contributed by atoms with Crippen molar-refractivity contribution in [3.05, 3.63) is 35.5 Å². The number of thiazole rings is 1. The molecule has 20 heavy (non-hydrogen) atoms. The Morgan fingerprint density at radius 1 is 1.35 bits per heavy atom. The SMILES string of the molecule is NS(=O)(=O)CCCNCc1csc(-c2ccccn2)n1. The number of aromatic nitrogens is 2. The minimum Gasteiger partial charge on any atom is -0.311 e. The van der Waals surface area contributed by atoms with Crippen molar-refractivity contribution >= 4 is 21.4 Å². The molecular formula is C12H16N4O2S2. The van der Waals surface area contributed by atoms with E-state index < -0.39 is 10.0 Å². The summed E-state index contributed by atoms with van der Waals surface area (Å²) >= 11 is 1.54. The number of hydrogen-bond acceptors (Lipinski definition) is 6. The van der Waals surface area contributed by atoms with Gasteiger partial charge in [-0.25, -0.2) is 18.5 Å². The third-order valence-corrected chi connectivity index (χ3v) is 4.30. The summed E-state index contributed by atoms with van der Waals surface area (Å²) in [5.74, 6) is -0.00372. The van der Waals surface area contributed by atoms with Gasteiger partial charge in [0.05, 0.1) is 17.1 Å². The van der Waals surface area contributed by atoms with Crippen molar-refractivity contribution in [1.29, 1.82) is 0 Å². The van der Waals surface area contributed by atoms with Crippen molar-refractivity contribution in [1.82, 2.24) is 15.3 Å². The first-order valence-electron chi connectivity index (χ1n) is 6.11. The summed E-state index contributed by atoms with van der Waals surface area (Å²) in [6, 6.07) is 5.71. The first kappa shape index (κ1) is 15.0. The van der Waals surface area contributed by atoms with Crippen LogP contribution in [0.1, 0.15) is 12.1 Å². The standard InChI is InChI=1S/C12H16N4O2S2/c13-20(17,18)7-3-5-14-8-10-9-19-12(16-10)11-4-1-2-6-15-11/h1-2,4,6,9,14H,3,5,7-8H2,(H2,13,17,18). The predicted molar refractivity (Wildman–Crippen MR) is 79.6 cm³/mol. The molecule has 2 heterocycles. The van der Waals surface area contributed by atoms with Gasteiger partial charge in [-0.05, 0) is 25.1 Å². The van der Waals surface area contributed by atoms with Crippen molar-refractivity contribution in [2.45, 2.75) is 13.0 Å². The molecule has 2 aromatic heterocycles. The second-order valence-electron chi connectivity index (χ2n) is 4.26. The number of primary sulfonamides is 1. The second-order valence-corrected chi connectivity index (χ2v) is 6.85. The highest BCUT2D eigenvalue weighted by Gasteiger charge is 2.05. The van der Waals surface area contributed by atoms with Crippen molar-refractivity contribution < 1.29 is 8.42 Å². The van der Waals surface area contributed by atoms with Crippen molar-refractivity contribution in [3.8, 4) is 10.7 Å². The lowest BCUT2D eigenvalue weighted by Gasteiger charge is -2.01. The van der Waals surface area contributed by atoms with E-state index in [1.54, 1.807) is 17.5 Å². The smallest absolute Gasteiger partial charge is 0.209 e. The second kappa shape index (κ2) is 6.89. The highest BCUT2D eigenvalue weighted by Crippen LogP contribution is 2.20. The van der Waals surface area contributed by atoms with Gasteiger partial charge in [-0.2, -0.15) is 0 Å². The molecule has 0 spiro atoms. The average molecular weight is 312 g/mol. The van der Waals surface area contributed by atoms with E-state index >= 15 is 0 Å². The Bertz CT molecular complexity index is 640. The molecular weight excluding hydrogens is 296 g/mol. The zero-order valence-corrected chi connectivity index (χ0v) is 12.5. The highest BCUT2D eigenvalue weighted by atomic mass is 32.2. The zero-order chi connectivity index (χ0) is 14.4. The number of rotatable bonds is 7. The molecule has 0 radical (unpaired) electrons. The summed E-state index contributed by atoms with van der Waals surface area (Å²) < 4.78 is 21.5. The molecule has 0 aliphatic heterocycles. The fourth-order valence-corrected chi connectivity index (χ4v) is 2.95. The van der Waals surface area contributed by atoms with E-state index in [4.69, 9.17) is 5.14 Å². The zero-order valence-electron chi connectivity index (χ0n) is 10.8. The number of nitrogens with zero attached hydrogens (tertiary/aromatic N) is 2. The number of pyridine rings is 1. The van der Waals surface area contributed by atoms with Gasteiger partial charge in [0.2, 0.25) is 10.0 Å². The van der Waals surface area contributed by atoms with Crippen molar-refractivity contribution in [2.75, 3.05) is 12.3 Å². The fraction of sp³-hybridized carbons (Fsp3) is 0.333. The maximum absolute atomic E-state index is 10.8. The molecule has 108 valence electrons. The molecule has 8 heteroatoms. The summed E-state index contributed by atoms with van der Waals surface area (Å²) in [7, 11) is -3.36. The normalized spacial score (nSPS) is 11.7. The minimum absolute atomic E-state index is 0.00372. The summed E-state index contributed by atoms with van der Waals surface area (Å²) in [5, 5.41) is 10.9. The van der Waals surface area contributed by atoms with Crippen LogP contribution >= 0.6 is 11.3 Å². The largest absolute Gasteiger partial charge is 0.311 e. The third-order valence-electron chi connectivity index (χ3n) is 2.52. The Morgan fingerprint density at radius 3 is 2.90 bits per heavy atom. The van der Waals surface area contributed by atoms with Crippen LogP contribution in [0.15, 0.2) is 29.8 Å². The Balaban J connectivity index is 1.79. The van der Waals surface area contributed by atoms with Gasteiger partial charge in [-0.15, -0.1) is 11.3 Å². The summed E-state index contributed by atoms with van der Waals surface area (Å²) in [4.78, 5) is 8.72. The van der Waals surface area contributed by atoms with Crippen LogP contribution in [0.5, 0.6) is 0 Å². The van der Waals surface area contributed by atoms with Crippen molar-refractivity contribution in [2.24, 2.45) is 5.14 Å². The van der Waals surface area contributed by atoms with Crippen LogP contribution in [0.2, 0.25) is 0 Å². The van der Waals surface area contributed by atoms with Gasteiger partial charge in [-0.3, -0.25) is 4.98 Å². The molecule has 0 atom stereocenters. The molecule has 2 rings (SSSR count). The van der Waals surface area contributed by atoms with E-state index in [-0.39, 0.29) is 5.75 Å². The number of sulfonamides is 1. The first-order valence-corrected chi connectivity index (χ1v) is 8.71. The Morgan fingerprint density at radius 2 is 2.20 bits per heavy atom. The monoisotopic (exact) mass is 312 g/mol. The molecule has 0 unspecified atom stereocenters. The Kier molecular flexibility index (Phi) is 5.18. The minimum atomic E-state index is -3.36. The molecule has 0 aliphatic rings. The predicted octanol–water partition coefficient (Wildman–Crippen LogP) is 0.973. The lowest BCUT2D eigenvalue weighted by Crippen LogP contribution is -2.22. The van der Waals surface area contributed by atoms with E-state index in [0.29, 0.717) is 19.5 Å². The van der Waals surface area contributed by atoms with E-state index in [9.17, 15) is 8.42 Å². The van der Waals surface area contributed by atoms with Crippen LogP contribution in [-0.4, -0.2) is 30.7 Å². The number of nitrogens with two attached hydrogens (primary N) is 1. The van der Waals surface area contributed by atoms with E-state index in [1.165, 1.54) is 0 Å². The Labute approximate surface area is 122 Å². The molecule has 0 aromatic carbocycles. The van der Waals surface area contributed by atoms with Gasteiger partial charge < -0.3 is 5.32 Å². The summed E-state index contributed by atoms with van der Waals surface area (Å²) in [5.41, 5.74) is 1.78. The first-order chi connectivity index (χ1) is 9.54. The van der Waals surface area contributed by atoms with Gasteiger partial charge in [0.1, 0.15) is 5.01 Å². The lowest BCUT2D eigenvalue weighted by molar-refractivity contribution is 0.590. The maximum Gasteiger partial charge on any atom is 0.209 e. The average Bonchev–Trinajstić information content (AvgIpc) is 2.87. The molecule has 0 bridgehead atoms. The van der Waals surface area contributed by atoms with Gasteiger partial charge in [0, 0.05) is 18.1 Å². The van der Waals surface area contributed by atoms with Crippen LogP contribution in [0, 0.1) is 0 Å². The van der Waals surface area contributed by atoms with Gasteiger partial charge in [0.25, 0.3) is 0 Å². The molecule has 6 nitrogen and oxygen atoms in total. The maximum atomic E-state index is 10.8. The third kappa shape index (κ3) is 4.97. The van der Waals surface area contributed by atoms with Gasteiger partial charge in [0.15, 0.2) is 0 Å². The molecule has 0 fully saturated rings. The number of hydrogen-bond donors (Lipinski definition) is 2. The fourth-order valence-electron chi connectivity index (χ4n) is 1.61. The molecule has 2 aromatic rings. The van der Waals surface area contributed by atoms with Crippen LogP contribution in [0.4, 0.5) is 0 Å². The molecule has 3 N–H and O–H groups in total. The molecule has 0 aliphatic carbocycles. The number of nitrogens with one attached hydrogen (secondary N) is 1. The van der Waals surface area contributed by atoms with Gasteiger partial charge >= 0.3 is 0 Å². The van der Waals surface area contributed by atoms with Gasteiger partial charge in [-0.1, -0.05) is 6.07 Å². The van der Waals surface area contributed by atoms with E-state index in [2.05, 4.69) is 15.3 Å². The molecule has 0 saturated heterocycles. The van der Waals surface area contributed by atoms with Crippen LogP contribution in [0.25, 0.3) is 10.7 Å². The van der Waals surface area contributed by atoms with E-state index in [1.807, 2.05) is 23.6 Å². The lowest BCUT2D eigenvalue weighted by atomic mass is 10.3. The molecule has 0 saturated carbocycles. The topological polar surface area (TPSA) is 98.0 Å². The highest BCUT2D eigenvalue weighted by molar-refractivity contribution is 7.89. The van der Waals surface area contributed by atoms with Crippen molar-refractivity contribution in [3.63, 3.8) is 0 Å². The quantitative estimate of drug-likeness (QED) is 0.742. The Hall–Kier alpha value is -1.35. The summed E-state index contributed by atoms with van der Waals surface area (Å²) in [6.07, 6.45) is 2.23. The van der Waals surface area contributed by atoms with E-state index in [0.717, 1.165) is 16.4 Å². The van der Waals surface area contributed by atoms with Crippen LogP contribution in [-0.2, 0) is 16.6 Å². The molecule has 0 amide bonds.